The van der Waals surface area contributed by atoms with Gasteiger partial charge in [0.2, 0.25) is 5.91 Å². The molecule has 22 heavy (non-hydrogen) atoms. The van der Waals surface area contributed by atoms with Crippen molar-refractivity contribution < 1.29 is 14.3 Å². The summed E-state index contributed by atoms with van der Waals surface area (Å²) >= 11 is 0. The zero-order valence-corrected chi connectivity index (χ0v) is 13.3. The number of nitrogens with zero attached hydrogens (tertiary/aromatic N) is 1. The second-order valence-corrected chi connectivity index (χ2v) is 5.47. The zero-order valence-electron chi connectivity index (χ0n) is 13.3. The highest BCUT2D eigenvalue weighted by molar-refractivity contribution is 5.78. The van der Waals surface area contributed by atoms with Crippen molar-refractivity contribution in [1.82, 2.24) is 15.5 Å². The van der Waals surface area contributed by atoms with E-state index in [1.165, 1.54) is 0 Å². The third kappa shape index (κ3) is 5.29. The molecule has 2 rings (SSSR count). The van der Waals surface area contributed by atoms with Gasteiger partial charge in [0.15, 0.2) is 0 Å². The lowest BCUT2D eigenvalue weighted by atomic mass is 10.2. The van der Waals surface area contributed by atoms with Crippen LogP contribution in [0.3, 0.4) is 0 Å². The fourth-order valence-corrected chi connectivity index (χ4v) is 2.44. The molecule has 1 amide bonds. The van der Waals surface area contributed by atoms with E-state index in [1.54, 1.807) is 7.11 Å². The van der Waals surface area contributed by atoms with Gasteiger partial charge in [-0.1, -0.05) is 18.2 Å². The molecule has 0 bridgehead atoms. The monoisotopic (exact) mass is 307 g/mol. The quantitative estimate of drug-likeness (QED) is 0.755. The highest BCUT2D eigenvalue weighted by Crippen LogP contribution is 2.16. The number of para-hydroxylation sites is 1. The third-order valence-electron chi connectivity index (χ3n) is 3.67. The number of likely N-dealkylation sites (N-methyl/N-ethyl adjacent to an activating group) is 1. The fraction of sp³-hybridized carbons (Fsp3) is 0.562. The van der Waals surface area contributed by atoms with Crippen molar-refractivity contribution >= 4 is 5.91 Å². The van der Waals surface area contributed by atoms with E-state index >= 15 is 0 Å². The number of benzene rings is 1. The second kappa shape index (κ2) is 8.73. The minimum atomic E-state index is -0.0323. The van der Waals surface area contributed by atoms with Gasteiger partial charge in [0.05, 0.1) is 26.4 Å². The Morgan fingerprint density at radius 1 is 1.45 bits per heavy atom. The van der Waals surface area contributed by atoms with Crippen LogP contribution in [0.25, 0.3) is 0 Å². The summed E-state index contributed by atoms with van der Waals surface area (Å²) < 4.78 is 10.9. The number of rotatable bonds is 7. The summed E-state index contributed by atoms with van der Waals surface area (Å²) in [5.41, 5.74) is 0.968. The molecule has 1 heterocycles. The van der Waals surface area contributed by atoms with E-state index in [0.29, 0.717) is 19.6 Å². The number of nitrogens with one attached hydrogen (secondary N) is 2. The van der Waals surface area contributed by atoms with Crippen molar-refractivity contribution in [2.45, 2.75) is 12.6 Å². The standard InChI is InChI=1S/C16H25N3O3/c1-19-7-8-22-14(12-19)10-17-11-16(20)18-9-13-5-3-4-6-15(13)21-2/h3-6,14,17H,7-12H2,1-2H3,(H,18,20)/t14-/m1/s1. The number of ether oxygens (including phenoxy) is 2. The van der Waals surface area contributed by atoms with E-state index in [9.17, 15) is 4.79 Å². The highest BCUT2D eigenvalue weighted by Gasteiger charge is 2.17. The molecule has 6 nitrogen and oxygen atoms in total. The first-order valence-electron chi connectivity index (χ1n) is 7.58. The molecule has 1 atom stereocenters. The Balaban J connectivity index is 1.65. The molecule has 1 saturated heterocycles. The van der Waals surface area contributed by atoms with Gasteiger partial charge in [-0.3, -0.25) is 4.79 Å². The van der Waals surface area contributed by atoms with Crippen LogP contribution in [0, 0.1) is 0 Å². The minimum absolute atomic E-state index is 0.0323. The van der Waals surface area contributed by atoms with Crippen molar-refractivity contribution in [3.8, 4) is 5.75 Å². The van der Waals surface area contributed by atoms with Crippen LogP contribution in [0.5, 0.6) is 5.75 Å². The van der Waals surface area contributed by atoms with Gasteiger partial charge in [0.1, 0.15) is 5.75 Å². The highest BCUT2D eigenvalue weighted by atomic mass is 16.5. The van der Waals surface area contributed by atoms with Crippen LogP contribution in [0.15, 0.2) is 24.3 Å². The molecular formula is C16H25N3O3. The van der Waals surface area contributed by atoms with E-state index in [4.69, 9.17) is 9.47 Å². The van der Waals surface area contributed by atoms with E-state index < -0.39 is 0 Å². The van der Waals surface area contributed by atoms with Gasteiger partial charge in [0.25, 0.3) is 0 Å². The number of amides is 1. The molecule has 0 radical (unpaired) electrons. The zero-order chi connectivity index (χ0) is 15.8. The third-order valence-corrected chi connectivity index (χ3v) is 3.67. The van der Waals surface area contributed by atoms with Gasteiger partial charge in [-0.25, -0.2) is 0 Å². The summed E-state index contributed by atoms with van der Waals surface area (Å²) in [6.07, 6.45) is 0.153. The molecule has 1 aliphatic heterocycles. The largest absolute Gasteiger partial charge is 0.496 e. The molecule has 0 aromatic heterocycles. The molecule has 122 valence electrons. The van der Waals surface area contributed by atoms with Crippen molar-refractivity contribution in [2.24, 2.45) is 0 Å². The SMILES string of the molecule is COc1ccccc1CNC(=O)CNC[C@@H]1CN(C)CCO1. The first-order chi connectivity index (χ1) is 10.7. The summed E-state index contributed by atoms with van der Waals surface area (Å²) in [5.74, 6) is 0.754. The van der Waals surface area contributed by atoms with Gasteiger partial charge >= 0.3 is 0 Å². The molecular weight excluding hydrogens is 282 g/mol. The first kappa shape index (κ1) is 16.7. The Hall–Kier alpha value is -1.63. The smallest absolute Gasteiger partial charge is 0.234 e. The lowest BCUT2D eigenvalue weighted by molar-refractivity contribution is -0.120. The molecule has 0 spiro atoms. The predicted molar refractivity (Wildman–Crippen MR) is 84.9 cm³/mol. The Morgan fingerprint density at radius 3 is 3.05 bits per heavy atom. The Bertz CT molecular complexity index is 481. The lowest BCUT2D eigenvalue weighted by Gasteiger charge is -2.30. The Morgan fingerprint density at radius 2 is 2.27 bits per heavy atom. The molecule has 0 aliphatic carbocycles. The number of hydrogen-bond donors (Lipinski definition) is 2. The van der Waals surface area contributed by atoms with E-state index in [0.717, 1.165) is 31.0 Å². The normalized spacial score (nSPS) is 18.9. The number of carbonyl (C=O) groups excluding carboxylic acids is 1. The molecule has 1 aromatic rings. The summed E-state index contributed by atoms with van der Waals surface area (Å²) in [7, 11) is 3.71. The lowest BCUT2D eigenvalue weighted by Crippen LogP contribution is -2.46. The van der Waals surface area contributed by atoms with Crippen LogP contribution in [0.4, 0.5) is 0 Å². The average Bonchev–Trinajstić information content (AvgIpc) is 2.53. The topological polar surface area (TPSA) is 62.8 Å². The van der Waals surface area contributed by atoms with E-state index in [-0.39, 0.29) is 12.0 Å². The number of carbonyl (C=O) groups is 1. The van der Waals surface area contributed by atoms with Crippen LogP contribution >= 0.6 is 0 Å². The van der Waals surface area contributed by atoms with Crippen molar-refractivity contribution in [1.29, 1.82) is 0 Å². The van der Waals surface area contributed by atoms with E-state index in [2.05, 4.69) is 22.6 Å². The van der Waals surface area contributed by atoms with Crippen LogP contribution < -0.4 is 15.4 Å². The minimum Gasteiger partial charge on any atom is -0.496 e. The van der Waals surface area contributed by atoms with Crippen LogP contribution in [0.1, 0.15) is 5.56 Å². The molecule has 0 unspecified atom stereocenters. The summed E-state index contributed by atoms with van der Waals surface area (Å²) in [6, 6.07) is 7.67. The maximum atomic E-state index is 11.9. The predicted octanol–water partition coefficient (Wildman–Crippen LogP) is 0.232. The average molecular weight is 307 g/mol. The molecule has 1 aromatic carbocycles. The summed E-state index contributed by atoms with van der Waals surface area (Å²) in [6.45, 7) is 4.06. The van der Waals surface area contributed by atoms with Gasteiger partial charge in [-0.15, -0.1) is 0 Å². The van der Waals surface area contributed by atoms with Crippen molar-refractivity contribution in [2.75, 3.05) is 46.9 Å². The van der Waals surface area contributed by atoms with Gasteiger partial charge in [-0.05, 0) is 13.1 Å². The van der Waals surface area contributed by atoms with Crippen molar-refractivity contribution in [3.05, 3.63) is 29.8 Å². The molecule has 1 fully saturated rings. The second-order valence-electron chi connectivity index (χ2n) is 5.47. The number of morpholine rings is 1. The summed E-state index contributed by atoms with van der Waals surface area (Å²) in [4.78, 5) is 14.1. The summed E-state index contributed by atoms with van der Waals surface area (Å²) in [5, 5.41) is 6.03. The van der Waals surface area contributed by atoms with E-state index in [1.807, 2.05) is 24.3 Å². The van der Waals surface area contributed by atoms with Crippen LogP contribution in [-0.2, 0) is 16.1 Å². The molecule has 6 heteroatoms. The van der Waals surface area contributed by atoms with Crippen molar-refractivity contribution in [3.63, 3.8) is 0 Å². The molecule has 1 aliphatic rings. The maximum absolute atomic E-state index is 11.9. The van der Waals surface area contributed by atoms with Gasteiger partial charge in [-0.2, -0.15) is 0 Å². The fourth-order valence-electron chi connectivity index (χ4n) is 2.44. The van der Waals surface area contributed by atoms with Crippen LogP contribution in [-0.4, -0.2) is 63.9 Å². The first-order valence-corrected chi connectivity index (χ1v) is 7.58. The Kier molecular flexibility index (Phi) is 6.64. The number of methoxy groups -OCH3 is 1. The van der Waals surface area contributed by atoms with Gasteiger partial charge in [0, 0.05) is 31.7 Å². The maximum Gasteiger partial charge on any atom is 0.234 e. The van der Waals surface area contributed by atoms with Crippen LogP contribution in [0.2, 0.25) is 0 Å². The Labute approximate surface area is 131 Å². The number of hydrogen-bond acceptors (Lipinski definition) is 5. The molecule has 0 saturated carbocycles. The molecule has 2 N–H and O–H groups in total. The van der Waals surface area contributed by atoms with Gasteiger partial charge < -0.3 is 25.0 Å².